The molecule has 1 aliphatic rings. The van der Waals surface area contributed by atoms with Crippen molar-refractivity contribution in [2.45, 2.75) is 40.2 Å². The Labute approximate surface area is 192 Å². The Morgan fingerprint density at radius 3 is 2.50 bits per heavy atom. The third kappa shape index (κ3) is 4.44. The number of benzene rings is 2. The number of nitriles is 1. The van der Waals surface area contributed by atoms with E-state index in [0.717, 1.165) is 33.6 Å². The molecule has 2 aromatic rings. The maximum absolute atomic E-state index is 12.6. The molecule has 0 aromatic heterocycles. The summed E-state index contributed by atoms with van der Waals surface area (Å²) >= 11 is 6.04. The number of hydrogen-bond acceptors (Lipinski definition) is 6. The fourth-order valence-electron chi connectivity index (χ4n) is 3.88. The number of methoxy groups -OCH3 is 1. The summed E-state index contributed by atoms with van der Waals surface area (Å²) in [5.74, 6) is -0.236. The van der Waals surface area contributed by atoms with E-state index >= 15 is 0 Å². The highest BCUT2D eigenvalue weighted by Gasteiger charge is 2.37. The molecular formula is C25H25ClN2O4. The summed E-state index contributed by atoms with van der Waals surface area (Å²) in [6.07, 6.45) is 0. The second kappa shape index (κ2) is 9.37. The molecule has 0 saturated carbocycles. The Bertz CT molecular complexity index is 1190. The first-order chi connectivity index (χ1) is 15.2. The molecule has 0 aliphatic carbocycles. The van der Waals surface area contributed by atoms with Crippen molar-refractivity contribution in [2.24, 2.45) is 5.73 Å². The van der Waals surface area contributed by atoms with Crippen LogP contribution in [-0.2, 0) is 20.9 Å². The van der Waals surface area contributed by atoms with Gasteiger partial charge in [-0.1, -0.05) is 23.7 Å². The molecule has 0 radical (unpaired) electrons. The Morgan fingerprint density at radius 1 is 1.16 bits per heavy atom. The number of allylic oxidation sites excluding steroid dienone is 2. The predicted molar refractivity (Wildman–Crippen MR) is 122 cm³/mol. The summed E-state index contributed by atoms with van der Waals surface area (Å²) in [5.41, 5.74) is 11.0. The highest BCUT2D eigenvalue weighted by molar-refractivity contribution is 6.30. The molecule has 0 bridgehead atoms. The molecule has 0 fully saturated rings. The summed E-state index contributed by atoms with van der Waals surface area (Å²) in [6, 6.07) is 11.5. The van der Waals surface area contributed by atoms with Crippen molar-refractivity contribution in [3.8, 4) is 11.8 Å². The van der Waals surface area contributed by atoms with Gasteiger partial charge in [0.25, 0.3) is 0 Å². The number of nitrogens with two attached hydrogens (primary N) is 1. The maximum Gasteiger partial charge on any atom is 0.338 e. The molecule has 0 saturated heterocycles. The monoisotopic (exact) mass is 452 g/mol. The van der Waals surface area contributed by atoms with E-state index in [2.05, 4.69) is 6.07 Å². The van der Waals surface area contributed by atoms with E-state index in [1.54, 1.807) is 13.0 Å². The Morgan fingerprint density at radius 2 is 1.88 bits per heavy atom. The lowest BCUT2D eigenvalue weighted by atomic mass is 9.80. The first-order valence-electron chi connectivity index (χ1n) is 10.0. The fourth-order valence-corrected chi connectivity index (χ4v) is 4.11. The van der Waals surface area contributed by atoms with Crippen LogP contribution in [0.25, 0.3) is 0 Å². The van der Waals surface area contributed by atoms with Gasteiger partial charge in [-0.15, -0.1) is 0 Å². The fraction of sp³-hybridized carbons (Fsp3) is 0.280. The van der Waals surface area contributed by atoms with Crippen LogP contribution in [0.4, 0.5) is 0 Å². The lowest BCUT2D eigenvalue weighted by molar-refractivity contribution is -0.136. The SMILES string of the molecule is COC(=O)C1=C(C)OC(N)=C(C#N)[C@H]1c1cc(COc2ccc(Cl)cc2C)c(C)cc1C. The van der Waals surface area contributed by atoms with E-state index in [1.807, 2.05) is 45.0 Å². The van der Waals surface area contributed by atoms with Crippen LogP contribution >= 0.6 is 11.6 Å². The lowest BCUT2D eigenvalue weighted by Crippen LogP contribution is -2.25. The minimum atomic E-state index is -0.696. The van der Waals surface area contributed by atoms with E-state index in [-0.39, 0.29) is 17.0 Å². The van der Waals surface area contributed by atoms with Gasteiger partial charge in [0.2, 0.25) is 5.88 Å². The minimum Gasteiger partial charge on any atom is -0.489 e. The normalized spacial score (nSPS) is 15.8. The molecule has 0 amide bonds. The number of rotatable bonds is 5. The van der Waals surface area contributed by atoms with Gasteiger partial charge >= 0.3 is 5.97 Å². The van der Waals surface area contributed by atoms with Crippen LogP contribution in [0.3, 0.4) is 0 Å². The van der Waals surface area contributed by atoms with Gasteiger partial charge < -0.3 is 19.9 Å². The third-order valence-electron chi connectivity index (χ3n) is 5.57. The molecular weight excluding hydrogens is 428 g/mol. The second-order valence-electron chi connectivity index (χ2n) is 7.72. The van der Waals surface area contributed by atoms with Gasteiger partial charge in [0.15, 0.2) is 0 Å². The summed E-state index contributed by atoms with van der Waals surface area (Å²) in [4.78, 5) is 12.6. The quantitative estimate of drug-likeness (QED) is 0.634. The molecule has 1 aliphatic heterocycles. The second-order valence-corrected chi connectivity index (χ2v) is 8.16. The predicted octanol–water partition coefficient (Wildman–Crippen LogP) is 5.10. The van der Waals surface area contributed by atoms with Crippen LogP contribution < -0.4 is 10.5 Å². The first kappa shape index (κ1) is 23.2. The van der Waals surface area contributed by atoms with Gasteiger partial charge in [-0.2, -0.15) is 5.26 Å². The average molecular weight is 453 g/mol. The van der Waals surface area contributed by atoms with Crippen LogP contribution in [-0.4, -0.2) is 13.1 Å². The molecule has 166 valence electrons. The Kier molecular flexibility index (Phi) is 6.81. The van der Waals surface area contributed by atoms with Crippen molar-refractivity contribution in [1.82, 2.24) is 0 Å². The van der Waals surface area contributed by atoms with Gasteiger partial charge in [0.05, 0.1) is 18.6 Å². The number of esters is 1. The van der Waals surface area contributed by atoms with Gasteiger partial charge in [-0.25, -0.2) is 4.79 Å². The van der Waals surface area contributed by atoms with Gasteiger partial charge in [-0.3, -0.25) is 0 Å². The number of ether oxygens (including phenoxy) is 3. The van der Waals surface area contributed by atoms with Crippen molar-refractivity contribution in [3.63, 3.8) is 0 Å². The number of halogens is 1. The minimum absolute atomic E-state index is 0.0165. The highest BCUT2D eigenvalue weighted by atomic mass is 35.5. The van der Waals surface area contributed by atoms with Crippen molar-refractivity contribution in [3.05, 3.63) is 86.0 Å². The molecule has 7 heteroatoms. The van der Waals surface area contributed by atoms with Crippen LogP contribution in [0.15, 0.2) is 53.1 Å². The van der Waals surface area contributed by atoms with Crippen molar-refractivity contribution in [2.75, 3.05) is 7.11 Å². The number of nitrogens with zero attached hydrogens (tertiary/aromatic N) is 1. The molecule has 1 atom stereocenters. The number of carbonyl (C=O) groups excluding carboxylic acids is 1. The first-order valence-corrected chi connectivity index (χ1v) is 10.4. The number of aryl methyl sites for hydroxylation is 3. The molecule has 1 heterocycles. The van der Waals surface area contributed by atoms with E-state index in [9.17, 15) is 10.1 Å². The Hall–Kier alpha value is -3.43. The third-order valence-corrected chi connectivity index (χ3v) is 5.80. The average Bonchev–Trinajstić information content (AvgIpc) is 2.73. The maximum atomic E-state index is 12.6. The smallest absolute Gasteiger partial charge is 0.338 e. The summed E-state index contributed by atoms with van der Waals surface area (Å²) in [5, 5.41) is 10.4. The molecule has 0 spiro atoms. The van der Waals surface area contributed by atoms with Gasteiger partial charge in [0.1, 0.15) is 29.8 Å². The van der Waals surface area contributed by atoms with E-state index in [1.165, 1.54) is 7.11 Å². The van der Waals surface area contributed by atoms with E-state index < -0.39 is 11.9 Å². The van der Waals surface area contributed by atoms with Crippen LogP contribution in [0.5, 0.6) is 5.75 Å². The van der Waals surface area contributed by atoms with Crippen molar-refractivity contribution < 1.29 is 19.0 Å². The topological polar surface area (TPSA) is 94.6 Å². The van der Waals surface area contributed by atoms with Crippen molar-refractivity contribution >= 4 is 17.6 Å². The summed E-state index contributed by atoms with van der Waals surface area (Å²) in [6.45, 7) is 7.80. The number of carbonyl (C=O) groups is 1. The van der Waals surface area contributed by atoms with Gasteiger partial charge in [-0.05, 0) is 73.7 Å². The largest absolute Gasteiger partial charge is 0.489 e. The molecule has 3 rings (SSSR count). The van der Waals surface area contributed by atoms with Crippen LogP contribution in [0, 0.1) is 32.1 Å². The van der Waals surface area contributed by atoms with Gasteiger partial charge in [0, 0.05) is 5.02 Å². The van der Waals surface area contributed by atoms with E-state index in [4.69, 9.17) is 31.5 Å². The van der Waals surface area contributed by atoms with Crippen LogP contribution in [0.2, 0.25) is 5.02 Å². The lowest BCUT2D eigenvalue weighted by Gasteiger charge is -2.28. The zero-order valence-electron chi connectivity index (χ0n) is 18.7. The molecule has 32 heavy (non-hydrogen) atoms. The molecule has 0 unspecified atom stereocenters. The van der Waals surface area contributed by atoms with Crippen molar-refractivity contribution in [1.29, 1.82) is 5.26 Å². The standard InChI is InChI=1S/C25H25ClN2O4/c1-13-8-14(2)19(10-17(13)12-31-21-7-6-18(26)9-15(21)3)23-20(11-27)24(28)32-16(4)22(23)25(29)30-5/h6-10,23H,12,28H2,1-5H3/t23-/m1/s1. The number of hydrogen-bond donors (Lipinski definition) is 1. The van der Waals surface area contributed by atoms with E-state index in [0.29, 0.717) is 17.4 Å². The molecule has 2 N–H and O–H groups in total. The molecule has 6 nitrogen and oxygen atoms in total. The summed E-state index contributed by atoms with van der Waals surface area (Å²) < 4.78 is 16.5. The molecule has 2 aromatic carbocycles. The Balaban J connectivity index is 2.07. The highest BCUT2D eigenvalue weighted by Crippen LogP contribution is 2.41. The zero-order chi connectivity index (χ0) is 23.6. The summed E-state index contributed by atoms with van der Waals surface area (Å²) in [7, 11) is 1.29. The van der Waals surface area contributed by atoms with Crippen LogP contribution in [0.1, 0.15) is 40.7 Å². The zero-order valence-corrected chi connectivity index (χ0v) is 19.5.